The number of hydrogen-bond acceptors (Lipinski definition) is 5. The second kappa shape index (κ2) is 11.3. The van der Waals surface area contributed by atoms with E-state index < -0.39 is 12.0 Å². The van der Waals surface area contributed by atoms with E-state index >= 15 is 0 Å². The maximum Gasteiger partial charge on any atom is 0.264 e. The summed E-state index contributed by atoms with van der Waals surface area (Å²) >= 11 is 0. The topological polar surface area (TPSA) is 113 Å². The summed E-state index contributed by atoms with van der Waals surface area (Å²) in [4.78, 5) is 27.3. The average Bonchev–Trinajstić information content (AvgIpc) is 2.75. The number of nitrogen functional groups attached to an aromatic ring is 2. The van der Waals surface area contributed by atoms with Gasteiger partial charge in [0.1, 0.15) is 0 Å². The number of carbonyl (C=O) groups is 2. The van der Waals surface area contributed by atoms with Crippen LogP contribution in [0.25, 0.3) is 0 Å². The van der Waals surface area contributed by atoms with Gasteiger partial charge in [0.2, 0.25) is 5.91 Å². The molecular weight excluding hydrogens is 392 g/mol. The summed E-state index contributed by atoms with van der Waals surface area (Å²) in [5, 5.41) is 9.95. The van der Waals surface area contributed by atoms with E-state index in [9.17, 15) is 14.7 Å². The number of hydrogen-bond donors (Lipinski definition) is 3. The fourth-order valence-electron chi connectivity index (χ4n) is 2.63. The number of benzene rings is 2. The molecule has 0 aliphatic heterocycles. The van der Waals surface area contributed by atoms with Gasteiger partial charge < -0.3 is 26.4 Å². The number of aliphatic hydroxyl groups excluding tert-OH is 1. The van der Waals surface area contributed by atoms with Crippen LogP contribution < -0.4 is 11.5 Å². The fraction of sp³-hybridized carbons (Fsp3) is 0.250. The first-order valence-electron chi connectivity index (χ1n) is 9.60. The molecule has 7 heteroatoms. The van der Waals surface area contributed by atoms with Crippen LogP contribution in [0.2, 0.25) is 0 Å². The van der Waals surface area contributed by atoms with Crippen molar-refractivity contribution < 1.29 is 14.7 Å². The molecule has 0 aliphatic carbocycles. The van der Waals surface area contributed by atoms with Crippen molar-refractivity contribution in [1.29, 1.82) is 0 Å². The molecule has 1 unspecified atom stereocenters. The van der Waals surface area contributed by atoms with E-state index in [0.717, 1.165) is 11.1 Å². The summed E-state index contributed by atoms with van der Waals surface area (Å²) in [7, 11) is 3.26. The molecule has 0 fully saturated rings. The van der Waals surface area contributed by atoms with Gasteiger partial charge in [-0.25, -0.2) is 0 Å². The van der Waals surface area contributed by atoms with E-state index in [1.165, 1.54) is 4.90 Å². The van der Waals surface area contributed by atoms with Crippen LogP contribution in [0, 0.1) is 23.7 Å². The summed E-state index contributed by atoms with van der Waals surface area (Å²) in [6, 6.07) is 14.4. The van der Waals surface area contributed by atoms with Gasteiger partial charge in [0.15, 0.2) is 6.10 Å². The Balaban J connectivity index is 1.81. The second-order valence-corrected chi connectivity index (χ2v) is 7.08. The summed E-state index contributed by atoms with van der Waals surface area (Å²) < 4.78 is 0. The Morgan fingerprint density at radius 2 is 1.35 bits per heavy atom. The Kier molecular flexibility index (Phi) is 8.51. The molecule has 7 nitrogen and oxygen atoms in total. The molecule has 0 aliphatic rings. The molecule has 2 amide bonds. The number of anilines is 2. The third kappa shape index (κ3) is 7.77. The minimum atomic E-state index is -1.49. The Labute approximate surface area is 182 Å². The quantitative estimate of drug-likeness (QED) is 0.482. The summed E-state index contributed by atoms with van der Waals surface area (Å²) in [5.41, 5.74) is 14.4. The van der Waals surface area contributed by atoms with Crippen LogP contribution in [0.5, 0.6) is 0 Å². The van der Waals surface area contributed by atoms with Crippen molar-refractivity contribution in [3.05, 3.63) is 59.7 Å². The highest BCUT2D eigenvalue weighted by molar-refractivity contribution is 5.83. The van der Waals surface area contributed by atoms with Crippen molar-refractivity contribution in [1.82, 2.24) is 9.80 Å². The molecule has 0 spiro atoms. The van der Waals surface area contributed by atoms with Crippen LogP contribution in [0.15, 0.2) is 48.5 Å². The lowest BCUT2D eigenvalue weighted by Crippen LogP contribution is -2.35. The SMILES string of the molecule is CN(Cc1ccc(N)cc1)C(=O)CC#CC#CC(O)C(=O)N(C)Cc1ccc(N)cc1. The lowest BCUT2D eigenvalue weighted by atomic mass is 10.2. The van der Waals surface area contributed by atoms with Crippen LogP contribution in [0.4, 0.5) is 11.4 Å². The lowest BCUT2D eigenvalue weighted by molar-refractivity contribution is -0.136. The highest BCUT2D eigenvalue weighted by Crippen LogP contribution is 2.09. The number of likely N-dealkylation sites (N-methyl/N-ethyl adjacent to an activating group) is 1. The molecule has 2 aromatic carbocycles. The van der Waals surface area contributed by atoms with Crippen LogP contribution in [-0.2, 0) is 22.7 Å². The van der Waals surface area contributed by atoms with E-state index in [4.69, 9.17) is 11.5 Å². The normalized spacial score (nSPS) is 10.7. The van der Waals surface area contributed by atoms with Gasteiger partial charge in [-0.3, -0.25) is 9.59 Å². The minimum absolute atomic E-state index is 0.0127. The highest BCUT2D eigenvalue weighted by Gasteiger charge is 2.17. The maximum absolute atomic E-state index is 12.2. The van der Waals surface area contributed by atoms with Crippen molar-refractivity contribution in [3.63, 3.8) is 0 Å². The number of rotatable bonds is 6. The van der Waals surface area contributed by atoms with Gasteiger partial charge in [0, 0.05) is 38.6 Å². The number of aliphatic hydroxyl groups is 1. The molecule has 5 N–H and O–H groups in total. The minimum Gasteiger partial charge on any atom is -0.399 e. The Morgan fingerprint density at radius 3 is 1.87 bits per heavy atom. The maximum atomic E-state index is 12.2. The van der Waals surface area contributed by atoms with Crippen LogP contribution in [0.1, 0.15) is 17.5 Å². The molecule has 0 saturated carbocycles. The third-order valence-corrected chi connectivity index (χ3v) is 4.43. The molecule has 2 rings (SSSR count). The second-order valence-electron chi connectivity index (χ2n) is 7.08. The predicted octanol–water partition coefficient (Wildman–Crippen LogP) is 1.23. The molecule has 31 heavy (non-hydrogen) atoms. The van der Waals surface area contributed by atoms with Gasteiger partial charge in [-0.15, -0.1) is 0 Å². The molecule has 0 heterocycles. The first kappa shape index (κ1) is 23.3. The molecule has 0 radical (unpaired) electrons. The first-order valence-corrected chi connectivity index (χ1v) is 9.60. The zero-order chi connectivity index (χ0) is 22.8. The van der Waals surface area contributed by atoms with Crippen molar-refractivity contribution in [3.8, 4) is 23.7 Å². The summed E-state index contributed by atoms with van der Waals surface area (Å²) in [5.74, 6) is 9.28. The molecule has 0 bridgehead atoms. The number of nitrogens with two attached hydrogens (primary N) is 2. The summed E-state index contributed by atoms with van der Waals surface area (Å²) in [6.07, 6.45) is -1.50. The van der Waals surface area contributed by atoms with Gasteiger partial charge in [-0.2, -0.15) is 0 Å². The number of carbonyl (C=O) groups excluding carboxylic acids is 2. The largest absolute Gasteiger partial charge is 0.399 e. The molecule has 1 atom stereocenters. The van der Waals surface area contributed by atoms with Gasteiger partial charge in [0.05, 0.1) is 6.42 Å². The smallest absolute Gasteiger partial charge is 0.264 e. The van der Waals surface area contributed by atoms with Gasteiger partial charge in [-0.05, 0) is 53.2 Å². The number of amides is 2. The molecule has 2 aromatic rings. The standard InChI is InChI=1S/C24H26N4O3/c1-27(16-18-8-12-20(25)13-9-18)23(30)7-5-3-4-6-22(29)24(31)28(2)17-19-10-14-21(26)15-11-19/h8-15,22,29H,7,16-17,25-26H2,1-2H3. The van der Waals surface area contributed by atoms with Gasteiger partial charge in [0.25, 0.3) is 5.91 Å². The van der Waals surface area contributed by atoms with Crippen molar-refractivity contribution >= 4 is 23.2 Å². The average molecular weight is 418 g/mol. The first-order chi connectivity index (χ1) is 14.8. The number of nitrogens with zero attached hydrogens (tertiary/aromatic N) is 2. The predicted molar refractivity (Wildman–Crippen MR) is 121 cm³/mol. The lowest BCUT2D eigenvalue weighted by Gasteiger charge is -2.18. The van der Waals surface area contributed by atoms with Crippen LogP contribution in [-0.4, -0.2) is 46.9 Å². The third-order valence-electron chi connectivity index (χ3n) is 4.43. The van der Waals surface area contributed by atoms with Crippen molar-refractivity contribution in [2.75, 3.05) is 25.6 Å². The Hall–Kier alpha value is -3.94. The monoisotopic (exact) mass is 418 g/mol. The van der Waals surface area contributed by atoms with Gasteiger partial charge >= 0.3 is 0 Å². The Bertz CT molecular complexity index is 1020. The highest BCUT2D eigenvalue weighted by atomic mass is 16.3. The van der Waals surface area contributed by atoms with Crippen molar-refractivity contribution in [2.24, 2.45) is 0 Å². The van der Waals surface area contributed by atoms with Gasteiger partial charge in [-0.1, -0.05) is 30.2 Å². The van der Waals surface area contributed by atoms with Crippen LogP contribution >= 0.6 is 0 Å². The van der Waals surface area contributed by atoms with Crippen LogP contribution in [0.3, 0.4) is 0 Å². The van der Waals surface area contributed by atoms with E-state index in [1.807, 2.05) is 24.3 Å². The van der Waals surface area contributed by atoms with Crippen molar-refractivity contribution in [2.45, 2.75) is 25.6 Å². The molecule has 0 saturated heterocycles. The zero-order valence-corrected chi connectivity index (χ0v) is 17.6. The molecule has 0 aromatic heterocycles. The fourth-order valence-corrected chi connectivity index (χ4v) is 2.63. The summed E-state index contributed by atoms with van der Waals surface area (Å²) in [6.45, 7) is 0.762. The zero-order valence-electron chi connectivity index (χ0n) is 17.6. The van der Waals surface area contributed by atoms with E-state index in [-0.39, 0.29) is 12.3 Å². The molecule has 160 valence electrons. The van der Waals surface area contributed by atoms with E-state index in [0.29, 0.717) is 24.5 Å². The van der Waals surface area contributed by atoms with E-state index in [2.05, 4.69) is 23.7 Å². The molecular formula is C24H26N4O3. The van der Waals surface area contributed by atoms with E-state index in [1.54, 1.807) is 43.3 Å². The Morgan fingerprint density at radius 1 is 0.871 bits per heavy atom.